The van der Waals surface area contributed by atoms with E-state index in [4.69, 9.17) is 4.74 Å². The number of fused-ring (bicyclic) bond motifs is 1. The molecule has 0 aromatic carbocycles. The largest absolute Gasteiger partial charge is 0.376 e. The van der Waals surface area contributed by atoms with Crippen LogP contribution in [0.1, 0.15) is 30.1 Å². The van der Waals surface area contributed by atoms with Crippen LogP contribution in [0.4, 0.5) is 0 Å². The lowest BCUT2D eigenvalue weighted by Gasteiger charge is -2.22. The number of nitrogens with zero attached hydrogens (tertiary/aromatic N) is 4. The molecule has 20 heavy (non-hydrogen) atoms. The molecule has 1 atom stereocenters. The van der Waals surface area contributed by atoms with Gasteiger partial charge in [0, 0.05) is 25.9 Å². The molecule has 1 amide bonds. The van der Waals surface area contributed by atoms with Gasteiger partial charge in [0.05, 0.1) is 17.9 Å². The van der Waals surface area contributed by atoms with Crippen LogP contribution in [0.5, 0.6) is 0 Å². The van der Waals surface area contributed by atoms with Gasteiger partial charge in [-0.15, -0.1) is 0 Å². The molecule has 1 saturated heterocycles. The van der Waals surface area contributed by atoms with Crippen LogP contribution in [-0.2, 0) is 4.74 Å². The fourth-order valence-electron chi connectivity index (χ4n) is 2.49. The quantitative estimate of drug-likeness (QED) is 0.830. The van der Waals surface area contributed by atoms with Crippen molar-refractivity contribution in [2.75, 3.05) is 19.7 Å². The Labute approximate surface area is 117 Å². The Morgan fingerprint density at radius 3 is 3.25 bits per heavy atom. The molecule has 0 N–H and O–H groups in total. The standard InChI is InChI=1S/C14H18N4O2/c1-2-11-10-17(7-4-8-20-11)14(19)12-9-16-18-13(12)5-3-6-15-18/h3,5-6,9,11H,2,4,7-8,10H2,1H3. The highest BCUT2D eigenvalue weighted by molar-refractivity contribution is 6.00. The summed E-state index contributed by atoms with van der Waals surface area (Å²) in [5, 5.41) is 8.21. The number of rotatable bonds is 2. The summed E-state index contributed by atoms with van der Waals surface area (Å²) in [6, 6.07) is 3.67. The molecule has 2 aromatic rings. The van der Waals surface area contributed by atoms with E-state index in [2.05, 4.69) is 17.1 Å². The van der Waals surface area contributed by atoms with Crippen molar-refractivity contribution in [3.8, 4) is 0 Å². The van der Waals surface area contributed by atoms with Gasteiger partial charge in [-0.2, -0.15) is 14.8 Å². The molecule has 1 aliphatic rings. The Hall–Kier alpha value is -1.95. The second kappa shape index (κ2) is 5.58. The minimum absolute atomic E-state index is 0.0111. The van der Waals surface area contributed by atoms with Crippen molar-refractivity contribution < 1.29 is 9.53 Å². The minimum atomic E-state index is 0.0111. The average Bonchev–Trinajstić information content (AvgIpc) is 2.76. The summed E-state index contributed by atoms with van der Waals surface area (Å²) in [4.78, 5) is 14.5. The van der Waals surface area contributed by atoms with Gasteiger partial charge in [0.25, 0.3) is 5.91 Å². The Balaban J connectivity index is 1.87. The highest BCUT2D eigenvalue weighted by Gasteiger charge is 2.24. The van der Waals surface area contributed by atoms with Gasteiger partial charge >= 0.3 is 0 Å². The second-order valence-electron chi connectivity index (χ2n) is 4.96. The topological polar surface area (TPSA) is 59.7 Å². The molecular weight excluding hydrogens is 256 g/mol. The molecule has 6 heteroatoms. The van der Waals surface area contributed by atoms with Gasteiger partial charge in [0.1, 0.15) is 5.52 Å². The first-order valence-electron chi connectivity index (χ1n) is 6.99. The fourth-order valence-corrected chi connectivity index (χ4v) is 2.49. The maximum atomic E-state index is 12.7. The molecule has 0 aliphatic carbocycles. The Bertz CT molecular complexity index is 610. The van der Waals surface area contributed by atoms with E-state index in [1.807, 2.05) is 17.0 Å². The van der Waals surface area contributed by atoms with Crippen LogP contribution in [0.15, 0.2) is 24.5 Å². The third kappa shape index (κ3) is 2.38. The molecule has 0 saturated carbocycles. The number of carbonyl (C=O) groups is 1. The van der Waals surface area contributed by atoms with E-state index >= 15 is 0 Å². The zero-order valence-electron chi connectivity index (χ0n) is 11.5. The number of carbonyl (C=O) groups excluding carboxylic acids is 1. The molecule has 2 aromatic heterocycles. The molecule has 106 valence electrons. The van der Waals surface area contributed by atoms with Gasteiger partial charge in [-0.1, -0.05) is 6.92 Å². The summed E-state index contributed by atoms with van der Waals surface area (Å²) in [6.07, 6.45) is 5.17. The highest BCUT2D eigenvalue weighted by atomic mass is 16.5. The van der Waals surface area contributed by atoms with Gasteiger partial charge < -0.3 is 9.64 Å². The number of aromatic nitrogens is 3. The monoisotopic (exact) mass is 274 g/mol. The van der Waals surface area contributed by atoms with Crippen molar-refractivity contribution in [3.63, 3.8) is 0 Å². The van der Waals surface area contributed by atoms with Gasteiger partial charge in [-0.3, -0.25) is 4.79 Å². The van der Waals surface area contributed by atoms with Crippen LogP contribution >= 0.6 is 0 Å². The SMILES string of the molecule is CCC1CN(C(=O)c2cnn3ncccc23)CCCO1. The summed E-state index contributed by atoms with van der Waals surface area (Å²) in [7, 11) is 0. The first-order chi connectivity index (χ1) is 9.79. The van der Waals surface area contributed by atoms with Gasteiger partial charge in [-0.05, 0) is 25.0 Å². The fraction of sp³-hybridized carbons (Fsp3) is 0.500. The molecule has 6 nitrogen and oxygen atoms in total. The minimum Gasteiger partial charge on any atom is -0.376 e. The van der Waals surface area contributed by atoms with Crippen molar-refractivity contribution in [2.24, 2.45) is 0 Å². The molecule has 0 spiro atoms. The van der Waals surface area contributed by atoms with Crippen molar-refractivity contribution in [1.82, 2.24) is 19.7 Å². The van der Waals surface area contributed by atoms with E-state index in [-0.39, 0.29) is 12.0 Å². The summed E-state index contributed by atoms with van der Waals surface area (Å²) < 4.78 is 7.20. The summed E-state index contributed by atoms with van der Waals surface area (Å²) in [5.41, 5.74) is 1.35. The second-order valence-corrected chi connectivity index (χ2v) is 4.96. The smallest absolute Gasteiger partial charge is 0.257 e. The summed E-state index contributed by atoms with van der Waals surface area (Å²) >= 11 is 0. The van der Waals surface area contributed by atoms with Crippen molar-refractivity contribution in [2.45, 2.75) is 25.9 Å². The molecular formula is C14H18N4O2. The van der Waals surface area contributed by atoms with Crippen LogP contribution in [0, 0.1) is 0 Å². The molecule has 0 radical (unpaired) electrons. The zero-order valence-corrected chi connectivity index (χ0v) is 11.5. The molecule has 3 heterocycles. The van der Waals surface area contributed by atoms with Crippen molar-refractivity contribution in [1.29, 1.82) is 0 Å². The lowest BCUT2D eigenvalue weighted by molar-refractivity contribution is 0.0461. The van der Waals surface area contributed by atoms with Crippen LogP contribution < -0.4 is 0 Å². The van der Waals surface area contributed by atoms with Gasteiger partial charge in [-0.25, -0.2) is 0 Å². The van der Waals surface area contributed by atoms with E-state index in [1.54, 1.807) is 12.4 Å². The zero-order chi connectivity index (χ0) is 13.9. The van der Waals surface area contributed by atoms with Crippen LogP contribution in [0.25, 0.3) is 5.52 Å². The van der Waals surface area contributed by atoms with Crippen LogP contribution in [-0.4, -0.2) is 51.4 Å². The van der Waals surface area contributed by atoms with Crippen molar-refractivity contribution in [3.05, 3.63) is 30.1 Å². The number of hydrogen-bond acceptors (Lipinski definition) is 4. The predicted molar refractivity (Wildman–Crippen MR) is 73.5 cm³/mol. The number of hydrogen-bond donors (Lipinski definition) is 0. The first kappa shape index (κ1) is 13.1. The number of amides is 1. The van der Waals surface area contributed by atoms with Gasteiger partial charge in [0.2, 0.25) is 0 Å². The number of ether oxygens (including phenoxy) is 1. The average molecular weight is 274 g/mol. The third-order valence-corrected chi connectivity index (χ3v) is 3.63. The van der Waals surface area contributed by atoms with Gasteiger partial charge in [0.15, 0.2) is 0 Å². The van der Waals surface area contributed by atoms with Crippen LogP contribution in [0.2, 0.25) is 0 Å². The summed E-state index contributed by atoms with van der Waals surface area (Å²) in [6.45, 7) is 4.18. The molecule has 0 bridgehead atoms. The first-order valence-corrected chi connectivity index (χ1v) is 6.99. The van der Waals surface area contributed by atoms with E-state index in [9.17, 15) is 4.79 Å². The maximum absolute atomic E-state index is 12.7. The van der Waals surface area contributed by atoms with Crippen LogP contribution in [0.3, 0.4) is 0 Å². The molecule has 3 rings (SSSR count). The third-order valence-electron chi connectivity index (χ3n) is 3.63. The lowest BCUT2D eigenvalue weighted by Crippen LogP contribution is -2.36. The Kier molecular flexibility index (Phi) is 3.64. The van der Waals surface area contributed by atoms with E-state index in [0.717, 1.165) is 31.5 Å². The van der Waals surface area contributed by atoms with E-state index < -0.39 is 0 Å². The molecule has 1 aliphatic heterocycles. The predicted octanol–water partition coefficient (Wildman–Crippen LogP) is 1.37. The van der Waals surface area contributed by atoms with Crippen molar-refractivity contribution >= 4 is 11.4 Å². The van der Waals surface area contributed by atoms with E-state index in [0.29, 0.717) is 12.1 Å². The Morgan fingerprint density at radius 2 is 2.40 bits per heavy atom. The van der Waals surface area contributed by atoms with E-state index in [1.165, 1.54) is 4.63 Å². The normalized spacial score (nSPS) is 20.1. The molecule has 1 unspecified atom stereocenters. The molecule has 1 fully saturated rings. The lowest BCUT2D eigenvalue weighted by atomic mass is 10.2. The Morgan fingerprint density at radius 1 is 1.50 bits per heavy atom. The maximum Gasteiger partial charge on any atom is 0.257 e. The summed E-state index contributed by atoms with van der Waals surface area (Å²) in [5.74, 6) is 0.0111. The highest BCUT2D eigenvalue weighted by Crippen LogP contribution is 2.15.